The van der Waals surface area contributed by atoms with Crippen LogP contribution in [0.2, 0.25) is 0 Å². The van der Waals surface area contributed by atoms with E-state index in [1.807, 2.05) is 0 Å². The summed E-state index contributed by atoms with van der Waals surface area (Å²) >= 11 is 0. The highest BCUT2D eigenvalue weighted by atomic mass is 19.1. The monoisotopic (exact) mass is 313 g/mol. The van der Waals surface area contributed by atoms with Crippen LogP contribution in [-0.4, -0.2) is 36.3 Å². The predicted octanol–water partition coefficient (Wildman–Crippen LogP) is 2.04. The number of nitrogens with zero attached hydrogens (tertiary/aromatic N) is 3. The molecule has 0 aliphatic carbocycles. The highest BCUT2D eigenvalue weighted by Gasteiger charge is 2.11. The first-order valence-corrected chi connectivity index (χ1v) is 6.71. The van der Waals surface area contributed by atoms with Crippen molar-refractivity contribution in [2.45, 2.75) is 6.42 Å². The molecule has 0 aliphatic heterocycles. The lowest BCUT2D eigenvalue weighted by Crippen LogP contribution is -1.99. The van der Waals surface area contributed by atoms with E-state index in [2.05, 4.69) is 25.4 Å². The molecule has 7 nitrogen and oxygen atoms in total. The largest absolute Gasteiger partial charge is 0.505 e. The minimum Gasteiger partial charge on any atom is -0.505 e. The summed E-state index contributed by atoms with van der Waals surface area (Å²) in [5.74, 6) is -1.11. The van der Waals surface area contributed by atoms with Crippen LogP contribution in [0.25, 0.3) is 5.76 Å². The highest BCUT2D eigenvalue weighted by Crippen LogP contribution is 2.14. The molecule has 0 unspecified atom stereocenters. The van der Waals surface area contributed by atoms with E-state index in [4.69, 9.17) is 0 Å². The number of benzene rings is 1. The molecule has 2 heterocycles. The smallest absolute Gasteiger partial charge is 0.226 e. The molecule has 0 saturated heterocycles. The molecule has 3 aromatic rings. The normalized spacial score (nSPS) is 11.6. The van der Waals surface area contributed by atoms with Crippen LogP contribution in [0.3, 0.4) is 0 Å². The number of aliphatic hydroxyl groups is 1. The number of rotatable bonds is 5. The fourth-order valence-electron chi connectivity index (χ4n) is 2.04. The minimum atomic E-state index is -0.519. The van der Waals surface area contributed by atoms with Gasteiger partial charge in [0.15, 0.2) is 5.82 Å². The maximum Gasteiger partial charge on any atom is 0.226 e. The quantitative estimate of drug-likeness (QED) is 0.379. The Bertz CT molecular complexity index is 854. The van der Waals surface area contributed by atoms with E-state index in [0.717, 1.165) is 11.6 Å². The zero-order chi connectivity index (χ0) is 16.2. The van der Waals surface area contributed by atoms with Gasteiger partial charge in [-0.3, -0.25) is 15.0 Å². The maximum absolute atomic E-state index is 13.2. The topological polar surface area (TPSA) is 108 Å². The number of hydrogen-bond donors (Lipinski definition) is 3. The summed E-state index contributed by atoms with van der Waals surface area (Å²) in [4.78, 5) is 15.5. The van der Waals surface area contributed by atoms with Gasteiger partial charge in [-0.1, -0.05) is 12.1 Å². The van der Waals surface area contributed by atoms with Crippen molar-refractivity contribution in [2.75, 3.05) is 0 Å². The number of allylic oxidation sites excluding steroid dienone is 1. The summed E-state index contributed by atoms with van der Waals surface area (Å²) in [6.45, 7) is 0. The molecule has 1 aromatic carbocycles. The van der Waals surface area contributed by atoms with E-state index >= 15 is 0 Å². The average molecular weight is 313 g/mol. The lowest BCUT2D eigenvalue weighted by molar-refractivity contribution is 0.103. The van der Waals surface area contributed by atoms with Gasteiger partial charge in [-0.2, -0.15) is 10.2 Å². The van der Waals surface area contributed by atoms with Crippen LogP contribution in [0, 0.1) is 5.82 Å². The Balaban J connectivity index is 1.75. The summed E-state index contributed by atoms with van der Waals surface area (Å²) < 4.78 is 13.2. The van der Waals surface area contributed by atoms with Crippen molar-refractivity contribution in [1.82, 2.24) is 25.4 Å². The molecule has 0 radical (unpaired) electrons. The van der Waals surface area contributed by atoms with E-state index in [9.17, 15) is 14.3 Å². The first-order chi connectivity index (χ1) is 11.1. The molecule has 0 saturated carbocycles. The zero-order valence-corrected chi connectivity index (χ0v) is 11.8. The molecule has 3 N–H and O–H groups in total. The predicted molar refractivity (Wildman–Crippen MR) is 79.1 cm³/mol. The number of halogens is 1. The molecular formula is C15H12FN5O2. The molecule has 0 atom stereocenters. The summed E-state index contributed by atoms with van der Waals surface area (Å²) in [5, 5.41) is 22.6. The van der Waals surface area contributed by atoms with Gasteiger partial charge in [-0.15, -0.1) is 0 Å². The molecule has 116 valence electrons. The number of carbonyl (C=O) groups excluding carboxylic acids is 1. The summed E-state index contributed by atoms with van der Waals surface area (Å²) in [7, 11) is 0. The molecule has 8 heteroatoms. The van der Waals surface area contributed by atoms with Gasteiger partial charge in [-0.05, 0) is 23.8 Å². The summed E-state index contributed by atoms with van der Waals surface area (Å²) in [6.07, 6.45) is 2.63. The third-order valence-corrected chi connectivity index (χ3v) is 3.09. The van der Waals surface area contributed by atoms with Crippen molar-refractivity contribution in [3.63, 3.8) is 0 Å². The fraction of sp³-hybridized carbons (Fsp3) is 0.0667. The molecule has 2 aromatic heterocycles. The van der Waals surface area contributed by atoms with Gasteiger partial charge in [-0.25, -0.2) is 9.37 Å². The van der Waals surface area contributed by atoms with Crippen LogP contribution < -0.4 is 0 Å². The third kappa shape index (κ3) is 3.49. The number of hydrogen-bond acceptors (Lipinski definition) is 5. The Morgan fingerprint density at radius 3 is 2.91 bits per heavy atom. The van der Waals surface area contributed by atoms with Crippen LogP contribution in [-0.2, 0) is 6.42 Å². The van der Waals surface area contributed by atoms with Crippen molar-refractivity contribution in [3.8, 4) is 0 Å². The Hall–Kier alpha value is -3.29. The number of carbonyl (C=O) groups is 1. The first kappa shape index (κ1) is 14.6. The number of aromatic amines is 2. The molecule has 0 fully saturated rings. The average Bonchev–Trinajstić information content (AvgIpc) is 3.18. The zero-order valence-electron chi connectivity index (χ0n) is 11.8. The molecular weight excluding hydrogens is 301 g/mol. The lowest BCUT2D eigenvalue weighted by Gasteiger charge is -1.98. The van der Waals surface area contributed by atoms with E-state index in [1.165, 1.54) is 18.5 Å². The molecule has 0 aliphatic rings. The van der Waals surface area contributed by atoms with Crippen molar-refractivity contribution in [1.29, 1.82) is 0 Å². The molecule has 0 amide bonds. The molecule has 0 bridgehead atoms. The summed E-state index contributed by atoms with van der Waals surface area (Å²) in [5.41, 5.74) is 1.66. The van der Waals surface area contributed by atoms with Crippen LogP contribution in [0.5, 0.6) is 0 Å². The SMILES string of the molecule is O=C(C=C(O)c1cc(Cc2cccc(F)c2)[nH]n1)c1ncn[nH]1. The molecule has 3 rings (SSSR count). The van der Waals surface area contributed by atoms with Gasteiger partial charge >= 0.3 is 0 Å². The second kappa shape index (κ2) is 6.22. The fourth-order valence-corrected chi connectivity index (χ4v) is 2.04. The summed E-state index contributed by atoms with van der Waals surface area (Å²) in [6, 6.07) is 7.78. The second-order valence-electron chi connectivity index (χ2n) is 4.81. The van der Waals surface area contributed by atoms with Gasteiger partial charge in [0.05, 0.1) is 0 Å². The van der Waals surface area contributed by atoms with Crippen LogP contribution >= 0.6 is 0 Å². The Kier molecular flexibility index (Phi) is 3.96. The number of aliphatic hydroxyl groups excluding tert-OH is 1. The van der Waals surface area contributed by atoms with Crippen molar-refractivity contribution in [2.24, 2.45) is 0 Å². The van der Waals surface area contributed by atoms with Crippen LogP contribution in [0.4, 0.5) is 4.39 Å². The van der Waals surface area contributed by atoms with E-state index in [-0.39, 0.29) is 23.1 Å². The Labute approximate surface area is 129 Å². The van der Waals surface area contributed by atoms with Crippen LogP contribution in [0.1, 0.15) is 27.6 Å². The number of ketones is 1. The maximum atomic E-state index is 13.2. The standard InChI is InChI=1S/C15H12FN5O2/c16-10-3-1-2-9(4-10)5-11-6-12(20-19-11)13(22)7-14(23)15-17-8-18-21-15/h1-4,6-8,22H,5H2,(H,19,20)(H,17,18,21). The van der Waals surface area contributed by atoms with Gasteiger partial charge in [0, 0.05) is 18.2 Å². The van der Waals surface area contributed by atoms with Gasteiger partial charge in [0.25, 0.3) is 0 Å². The van der Waals surface area contributed by atoms with Crippen molar-refractivity contribution < 1.29 is 14.3 Å². The molecule has 23 heavy (non-hydrogen) atoms. The van der Waals surface area contributed by atoms with E-state index in [0.29, 0.717) is 12.1 Å². The highest BCUT2D eigenvalue weighted by molar-refractivity contribution is 6.05. The van der Waals surface area contributed by atoms with E-state index in [1.54, 1.807) is 18.2 Å². The van der Waals surface area contributed by atoms with Crippen LogP contribution in [0.15, 0.2) is 42.7 Å². The first-order valence-electron chi connectivity index (χ1n) is 6.71. The molecule has 0 spiro atoms. The number of aromatic nitrogens is 5. The minimum absolute atomic E-state index is 0.0204. The van der Waals surface area contributed by atoms with Crippen molar-refractivity contribution in [3.05, 3.63) is 71.3 Å². The third-order valence-electron chi connectivity index (χ3n) is 3.09. The van der Waals surface area contributed by atoms with Gasteiger partial charge < -0.3 is 5.11 Å². The van der Waals surface area contributed by atoms with Gasteiger partial charge in [0.2, 0.25) is 5.78 Å². The van der Waals surface area contributed by atoms with E-state index < -0.39 is 5.78 Å². The number of H-pyrrole nitrogens is 2. The number of nitrogens with one attached hydrogen (secondary N) is 2. The Morgan fingerprint density at radius 2 is 2.17 bits per heavy atom. The lowest BCUT2D eigenvalue weighted by atomic mass is 10.1. The van der Waals surface area contributed by atoms with Gasteiger partial charge in [0.1, 0.15) is 23.6 Å². The van der Waals surface area contributed by atoms with Crippen molar-refractivity contribution >= 4 is 11.5 Å². The Morgan fingerprint density at radius 1 is 1.30 bits per heavy atom. The second-order valence-corrected chi connectivity index (χ2v) is 4.81.